The van der Waals surface area contributed by atoms with Crippen LogP contribution in [0.15, 0.2) is 24.3 Å². The van der Waals surface area contributed by atoms with Gasteiger partial charge in [-0.15, -0.1) is 0 Å². The number of hydrogen-bond acceptors (Lipinski definition) is 5. The summed E-state index contributed by atoms with van der Waals surface area (Å²) < 4.78 is 37.9. The van der Waals surface area contributed by atoms with Gasteiger partial charge in [-0.25, -0.2) is 0 Å². The predicted molar refractivity (Wildman–Crippen MR) is 103 cm³/mol. The molecule has 1 heterocycles. The van der Waals surface area contributed by atoms with Crippen molar-refractivity contribution in [2.75, 3.05) is 40.9 Å². The molecular weight excluding hydrogens is 370 g/mol. The van der Waals surface area contributed by atoms with Crippen molar-refractivity contribution in [3.8, 4) is 11.5 Å². The number of rotatable bonds is 8. The van der Waals surface area contributed by atoms with Crippen molar-refractivity contribution >= 4 is 16.1 Å². The first-order chi connectivity index (χ1) is 12.7. The van der Waals surface area contributed by atoms with Gasteiger partial charge in [0.2, 0.25) is 5.91 Å². The van der Waals surface area contributed by atoms with E-state index in [1.165, 1.54) is 22.7 Å². The molecule has 1 fully saturated rings. The number of methoxy groups -OCH3 is 1. The van der Waals surface area contributed by atoms with Crippen LogP contribution in [0.5, 0.6) is 11.5 Å². The van der Waals surface area contributed by atoms with Crippen LogP contribution in [0.3, 0.4) is 0 Å². The lowest BCUT2D eigenvalue weighted by molar-refractivity contribution is -0.126. The van der Waals surface area contributed by atoms with Gasteiger partial charge >= 0.3 is 0 Å². The van der Waals surface area contributed by atoms with Crippen molar-refractivity contribution in [1.82, 2.24) is 13.9 Å². The lowest BCUT2D eigenvalue weighted by atomic mass is 9.98. The molecule has 1 amide bonds. The second-order valence-corrected chi connectivity index (χ2v) is 9.03. The van der Waals surface area contributed by atoms with E-state index in [1.54, 1.807) is 31.4 Å². The molecule has 9 heteroatoms. The van der Waals surface area contributed by atoms with Gasteiger partial charge in [-0.2, -0.15) is 17.0 Å². The first-order valence-corrected chi connectivity index (χ1v) is 10.4. The first kappa shape index (κ1) is 21.5. The fraction of sp³-hybridized carbons (Fsp3) is 0.611. The highest BCUT2D eigenvalue weighted by atomic mass is 32.2. The number of piperidine rings is 1. The summed E-state index contributed by atoms with van der Waals surface area (Å²) in [6, 6.07) is 7.03. The molecule has 0 aromatic heterocycles. The number of ether oxygens (including phenoxy) is 2. The standard InChI is InChI=1S/C18H29N3O5S/c1-14(13-26-17-9-7-16(25-4)8-10-17)19-18(22)15-6-5-11-21(12-15)27(23,24)20(2)3/h7-10,14-15H,5-6,11-13H2,1-4H3,(H,19,22)/t14-,15-/m0/s1. The zero-order valence-corrected chi connectivity index (χ0v) is 17.2. The largest absolute Gasteiger partial charge is 0.497 e. The monoisotopic (exact) mass is 399 g/mol. The Kier molecular flexibility index (Phi) is 7.46. The maximum atomic E-state index is 12.5. The van der Waals surface area contributed by atoms with Crippen LogP contribution >= 0.6 is 0 Å². The number of benzene rings is 1. The second kappa shape index (κ2) is 9.38. The van der Waals surface area contributed by atoms with Gasteiger partial charge in [-0.05, 0) is 44.0 Å². The third kappa shape index (κ3) is 5.82. The Morgan fingerprint density at radius 1 is 1.30 bits per heavy atom. The molecule has 1 N–H and O–H groups in total. The van der Waals surface area contributed by atoms with E-state index in [1.807, 2.05) is 6.92 Å². The topological polar surface area (TPSA) is 88.2 Å². The molecule has 1 saturated heterocycles. The van der Waals surface area contributed by atoms with Gasteiger partial charge in [0.15, 0.2) is 0 Å². The minimum Gasteiger partial charge on any atom is -0.497 e. The van der Waals surface area contributed by atoms with Crippen LogP contribution in [-0.2, 0) is 15.0 Å². The van der Waals surface area contributed by atoms with Crippen LogP contribution < -0.4 is 14.8 Å². The van der Waals surface area contributed by atoms with Crippen LogP contribution in [0.2, 0.25) is 0 Å². The number of carbonyl (C=O) groups excluding carboxylic acids is 1. The SMILES string of the molecule is COc1ccc(OC[C@H](C)NC(=O)[C@H]2CCCN(S(=O)(=O)N(C)C)C2)cc1. The summed E-state index contributed by atoms with van der Waals surface area (Å²) in [4.78, 5) is 12.5. The van der Waals surface area contributed by atoms with E-state index in [9.17, 15) is 13.2 Å². The highest BCUT2D eigenvalue weighted by Crippen LogP contribution is 2.21. The van der Waals surface area contributed by atoms with Gasteiger partial charge in [0.25, 0.3) is 10.2 Å². The lowest BCUT2D eigenvalue weighted by Gasteiger charge is -2.33. The van der Waals surface area contributed by atoms with Crippen molar-refractivity contribution < 1.29 is 22.7 Å². The summed E-state index contributed by atoms with van der Waals surface area (Å²) in [5.74, 6) is 0.951. The average molecular weight is 400 g/mol. The molecule has 2 rings (SSSR count). The Bertz CT molecular complexity index is 721. The molecule has 0 bridgehead atoms. The van der Waals surface area contributed by atoms with E-state index in [-0.39, 0.29) is 24.4 Å². The van der Waals surface area contributed by atoms with Crippen molar-refractivity contribution in [2.24, 2.45) is 5.92 Å². The Morgan fingerprint density at radius 2 is 1.93 bits per heavy atom. The molecule has 0 saturated carbocycles. The summed E-state index contributed by atoms with van der Waals surface area (Å²) in [5.41, 5.74) is 0. The van der Waals surface area contributed by atoms with Crippen LogP contribution in [0.25, 0.3) is 0 Å². The number of nitrogens with one attached hydrogen (secondary N) is 1. The van der Waals surface area contributed by atoms with Gasteiger partial charge < -0.3 is 14.8 Å². The van der Waals surface area contributed by atoms with Gasteiger partial charge in [-0.3, -0.25) is 4.79 Å². The molecule has 1 aromatic carbocycles. The fourth-order valence-electron chi connectivity index (χ4n) is 2.89. The molecule has 1 aromatic rings. The quantitative estimate of drug-likeness (QED) is 0.707. The van der Waals surface area contributed by atoms with Crippen molar-refractivity contribution in [2.45, 2.75) is 25.8 Å². The first-order valence-electron chi connectivity index (χ1n) is 8.99. The van der Waals surface area contributed by atoms with E-state index in [4.69, 9.17) is 9.47 Å². The highest BCUT2D eigenvalue weighted by Gasteiger charge is 2.33. The van der Waals surface area contributed by atoms with Crippen LogP contribution in [0.4, 0.5) is 0 Å². The van der Waals surface area contributed by atoms with E-state index in [0.29, 0.717) is 31.7 Å². The Balaban J connectivity index is 1.84. The highest BCUT2D eigenvalue weighted by molar-refractivity contribution is 7.86. The third-order valence-electron chi connectivity index (χ3n) is 4.49. The summed E-state index contributed by atoms with van der Waals surface area (Å²) >= 11 is 0. The summed E-state index contributed by atoms with van der Waals surface area (Å²) in [6.45, 7) is 2.84. The molecule has 1 aliphatic rings. The molecule has 152 valence electrons. The summed E-state index contributed by atoms with van der Waals surface area (Å²) in [6.07, 6.45) is 1.35. The van der Waals surface area contributed by atoms with Gasteiger partial charge in [0.1, 0.15) is 18.1 Å². The summed E-state index contributed by atoms with van der Waals surface area (Å²) in [7, 11) is 1.10. The van der Waals surface area contributed by atoms with Crippen LogP contribution in [-0.4, -0.2) is 69.9 Å². The average Bonchev–Trinajstić information content (AvgIpc) is 2.66. The zero-order valence-electron chi connectivity index (χ0n) is 16.3. The van der Waals surface area contributed by atoms with Crippen LogP contribution in [0, 0.1) is 5.92 Å². The molecular formula is C18H29N3O5S. The molecule has 2 atom stereocenters. The minimum absolute atomic E-state index is 0.139. The maximum absolute atomic E-state index is 12.5. The number of amides is 1. The lowest BCUT2D eigenvalue weighted by Crippen LogP contribution is -2.50. The maximum Gasteiger partial charge on any atom is 0.281 e. The molecule has 27 heavy (non-hydrogen) atoms. The second-order valence-electron chi connectivity index (χ2n) is 6.88. The normalized spacial score (nSPS) is 19.5. The molecule has 0 unspecified atom stereocenters. The fourth-order valence-corrected chi connectivity index (χ4v) is 4.08. The van der Waals surface area contributed by atoms with E-state index < -0.39 is 10.2 Å². The van der Waals surface area contributed by atoms with Crippen molar-refractivity contribution in [3.05, 3.63) is 24.3 Å². The number of hydrogen-bond donors (Lipinski definition) is 1. The van der Waals surface area contributed by atoms with E-state index in [0.717, 1.165) is 5.75 Å². The molecule has 0 aliphatic carbocycles. The van der Waals surface area contributed by atoms with E-state index in [2.05, 4.69) is 5.32 Å². The Morgan fingerprint density at radius 3 is 2.52 bits per heavy atom. The number of nitrogens with zero attached hydrogens (tertiary/aromatic N) is 2. The third-order valence-corrected chi connectivity index (χ3v) is 6.40. The predicted octanol–water partition coefficient (Wildman–Crippen LogP) is 1.10. The molecule has 1 aliphatic heterocycles. The molecule has 0 spiro atoms. The Hall–Kier alpha value is -1.84. The Labute approximate surface area is 161 Å². The van der Waals surface area contributed by atoms with Gasteiger partial charge in [0, 0.05) is 27.2 Å². The van der Waals surface area contributed by atoms with E-state index >= 15 is 0 Å². The van der Waals surface area contributed by atoms with Crippen molar-refractivity contribution in [1.29, 1.82) is 0 Å². The van der Waals surface area contributed by atoms with Crippen LogP contribution in [0.1, 0.15) is 19.8 Å². The minimum atomic E-state index is -3.50. The number of carbonyl (C=O) groups is 1. The smallest absolute Gasteiger partial charge is 0.281 e. The van der Waals surface area contributed by atoms with Gasteiger partial charge in [-0.1, -0.05) is 0 Å². The van der Waals surface area contributed by atoms with Crippen molar-refractivity contribution in [3.63, 3.8) is 0 Å². The molecule has 0 radical (unpaired) electrons. The zero-order chi connectivity index (χ0) is 20.0. The molecule has 8 nitrogen and oxygen atoms in total. The van der Waals surface area contributed by atoms with Gasteiger partial charge in [0.05, 0.1) is 19.1 Å². The summed E-state index contributed by atoms with van der Waals surface area (Å²) in [5, 5.41) is 2.92.